The smallest absolute Gasteiger partial charge is 0.416 e. The molecule has 0 heterocycles. The highest BCUT2D eigenvalue weighted by atomic mass is 35.5. The van der Waals surface area contributed by atoms with E-state index >= 15 is 0 Å². The second-order valence-electron chi connectivity index (χ2n) is 5.41. The summed E-state index contributed by atoms with van der Waals surface area (Å²) >= 11 is 0. The van der Waals surface area contributed by atoms with E-state index in [9.17, 15) is 18.0 Å². The minimum absolute atomic E-state index is 0. The molecular weight excluding hydrogens is 369 g/mol. The van der Waals surface area contributed by atoms with E-state index in [0.29, 0.717) is 18.7 Å². The Balaban J connectivity index is 0.00000338. The molecule has 142 valence electrons. The van der Waals surface area contributed by atoms with Crippen LogP contribution < -0.4 is 15.8 Å². The molecule has 0 aliphatic heterocycles. The summed E-state index contributed by atoms with van der Waals surface area (Å²) < 4.78 is 43.7. The number of rotatable bonds is 7. The van der Waals surface area contributed by atoms with E-state index in [0.717, 1.165) is 25.0 Å². The van der Waals surface area contributed by atoms with Crippen LogP contribution in [0.1, 0.15) is 28.8 Å². The van der Waals surface area contributed by atoms with Crippen molar-refractivity contribution in [1.29, 1.82) is 0 Å². The van der Waals surface area contributed by atoms with Gasteiger partial charge in [-0.15, -0.1) is 12.4 Å². The molecule has 0 saturated carbocycles. The van der Waals surface area contributed by atoms with Crippen LogP contribution in [0.25, 0.3) is 0 Å². The zero-order valence-electron chi connectivity index (χ0n) is 13.9. The van der Waals surface area contributed by atoms with Crippen molar-refractivity contribution in [3.63, 3.8) is 0 Å². The van der Waals surface area contributed by atoms with Crippen LogP contribution in [-0.4, -0.2) is 19.0 Å². The third-order valence-electron chi connectivity index (χ3n) is 3.41. The van der Waals surface area contributed by atoms with Crippen LogP contribution in [-0.2, 0) is 6.18 Å². The maximum absolute atomic E-state index is 12.7. The quantitative estimate of drug-likeness (QED) is 0.691. The lowest BCUT2D eigenvalue weighted by atomic mass is 10.2. The summed E-state index contributed by atoms with van der Waals surface area (Å²) in [5, 5.41) is 2.76. The number of benzene rings is 2. The van der Waals surface area contributed by atoms with Gasteiger partial charge in [-0.05, 0) is 55.8 Å². The highest BCUT2D eigenvalue weighted by Gasteiger charge is 2.30. The van der Waals surface area contributed by atoms with Gasteiger partial charge in [-0.25, -0.2) is 0 Å². The minimum Gasteiger partial charge on any atom is -0.457 e. The first-order valence-electron chi connectivity index (χ1n) is 7.83. The van der Waals surface area contributed by atoms with Gasteiger partial charge in [0.2, 0.25) is 0 Å². The van der Waals surface area contributed by atoms with E-state index in [1.54, 1.807) is 18.2 Å². The van der Waals surface area contributed by atoms with E-state index in [1.807, 2.05) is 0 Å². The van der Waals surface area contributed by atoms with Crippen LogP contribution in [0.3, 0.4) is 0 Å². The monoisotopic (exact) mass is 388 g/mol. The Morgan fingerprint density at radius 2 is 1.69 bits per heavy atom. The predicted octanol–water partition coefficient (Wildman–Crippen LogP) is 4.39. The van der Waals surface area contributed by atoms with Gasteiger partial charge in [0.25, 0.3) is 5.91 Å². The van der Waals surface area contributed by atoms with Crippen molar-refractivity contribution in [2.45, 2.75) is 19.0 Å². The molecule has 0 radical (unpaired) electrons. The molecule has 2 aromatic carbocycles. The summed E-state index contributed by atoms with van der Waals surface area (Å²) in [5.74, 6) is 0.0655. The maximum Gasteiger partial charge on any atom is 0.416 e. The normalized spacial score (nSPS) is 10.8. The Kier molecular flexibility index (Phi) is 8.41. The molecule has 0 unspecified atom stereocenters. The molecule has 8 heteroatoms. The molecule has 0 aliphatic rings. The second-order valence-corrected chi connectivity index (χ2v) is 5.41. The lowest BCUT2D eigenvalue weighted by molar-refractivity contribution is -0.137. The largest absolute Gasteiger partial charge is 0.457 e. The van der Waals surface area contributed by atoms with Crippen molar-refractivity contribution in [3.05, 3.63) is 59.7 Å². The summed E-state index contributed by atoms with van der Waals surface area (Å²) in [6, 6.07) is 10.9. The van der Waals surface area contributed by atoms with E-state index in [1.165, 1.54) is 18.2 Å². The first-order chi connectivity index (χ1) is 11.9. The van der Waals surface area contributed by atoms with Crippen LogP contribution >= 0.6 is 12.4 Å². The number of amides is 1. The van der Waals surface area contributed by atoms with Gasteiger partial charge in [-0.2, -0.15) is 13.2 Å². The molecule has 0 aromatic heterocycles. The summed E-state index contributed by atoms with van der Waals surface area (Å²) in [6.45, 7) is 1.07. The minimum atomic E-state index is -4.44. The fraction of sp³-hybridized carbons (Fsp3) is 0.278. The van der Waals surface area contributed by atoms with Gasteiger partial charge in [0, 0.05) is 12.1 Å². The number of unbranched alkanes of at least 4 members (excludes halogenated alkanes) is 1. The van der Waals surface area contributed by atoms with E-state index in [2.05, 4.69) is 5.32 Å². The van der Waals surface area contributed by atoms with Crippen LogP contribution in [0.5, 0.6) is 11.5 Å². The van der Waals surface area contributed by atoms with E-state index in [4.69, 9.17) is 10.5 Å². The van der Waals surface area contributed by atoms with E-state index in [-0.39, 0.29) is 29.8 Å². The Labute approximate surface area is 155 Å². The predicted molar refractivity (Wildman–Crippen MR) is 95.8 cm³/mol. The molecule has 2 rings (SSSR count). The average Bonchev–Trinajstić information content (AvgIpc) is 2.58. The summed E-state index contributed by atoms with van der Waals surface area (Å²) in [7, 11) is 0. The lowest BCUT2D eigenvalue weighted by Gasteiger charge is -2.11. The molecule has 26 heavy (non-hydrogen) atoms. The fourth-order valence-electron chi connectivity index (χ4n) is 2.15. The van der Waals surface area contributed by atoms with Crippen molar-refractivity contribution >= 4 is 18.3 Å². The number of alkyl halides is 3. The highest BCUT2D eigenvalue weighted by molar-refractivity contribution is 5.94. The fourth-order valence-corrected chi connectivity index (χ4v) is 2.15. The van der Waals surface area contributed by atoms with Crippen LogP contribution in [0.4, 0.5) is 13.2 Å². The molecule has 2 aromatic rings. The Morgan fingerprint density at radius 1 is 1.04 bits per heavy atom. The van der Waals surface area contributed by atoms with E-state index < -0.39 is 11.7 Å². The number of nitrogens with one attached hydrogen (secondary N) is 1. The van der Waals surface area contributed by atoms with Gasteiger partial charge in [0.05, 0.1) is 5.56 Å². The summed E-state index contributed by atoms with van der Waals surface area (Å²) in [4.78, 5) is 12.1. The zero-order valence-corrected chi connectivity index (χ0v) is 14.7. The third-order valence-corrected chi connectivity index (χ3v) is 3.41. The SMILES string of the molecule is Cl.NCCCCNC(=O)c1cccc(Oc2cccc(C(F)(F)F)c2)c1. The maximum atomic E-state index is 12.7. The number of hydrogen-bond acceptors (Lipinski definition) is 3. The number of nitrogens with two attached hydrogens (primary N) is 1. The molecule has 0 fully saturated rings. The number of carbonyl (C=O) groups excluding carboxylic acids is 1. The molecule has 0 spiro atoms. The summed E-state index contributed by atoms with van der Waals surface area (Å²) in [6.07, 6.45) is -2.84. The number of carbonyl (C=O) groups is 1. The molecule has 3 N–H and O–H groups in total. The van der Waals surface area contributed by atoms with Gasteiger partial charge < -0.3 is 15.8 Å². The van der Waals surface area contributed by atoms with Crippen molar-refractivity contribution in [3.8, 4) is 11.5 Å². The molecule has 4 nitrogen and oxygen atoms in total. The van der Waals surface area contributed by atoms with Gasteiger partial charge in [0.15, 0.2) is 0 Å². The molecular formula is C18H20ClF3N2O2. The third kappa shape index (κ3) is 6.57. The first kappa shape index (κ1) is 21.8. The van der Waals surface area contributed by atoms with Gasteiger partial charge in [0.1, 0.15) is 11.5 Å². The average molecular weight is 389 g/mol. The summed E-state index contributed by atoms with van der Waals surface area (Å²) in [5.41, 5.74) is 4.97. The Hall–Kier alpha value is -2.25. The number of halogens is 4. The van der Waals surface area contributed by atoms with Crippen molar-refractivity contribution < 1.29 is 22.7 Å². The van der Waals surface area contributed by atoms with Crippen molar-refractivity contribution in [2.24, 2.45) is 5.73 Å². The van der Waals surface area contributed by atoms with Crippen molar-refractivity contribution in [2.75, 3.05) is 13.1 Å². The van der Waals surface area contributed by atoms with Crippen LogP contribution in [0, 0.1) is 0 Å². The molecule has 0 atom stereocenters. The molecule has 0 bridgehead atoms. The lowest BCUT2D eigenvalue weighted by Crippen LogP contribution is -2.24. The van der Waals surface area contributed by atoms with Gasteiger partial charge in [-0.3, -0.25) is 4.79 Å². The standard InChI is InChI=1S/C18H19F3N2O2.ClH/c19-18(20,21)14-6-4-8-16(12-14)25-15-7-3-5-13(11-15)17(24)23-10-2-1-9-22;/h3-8,11-12H,1-2,9-10,22H2,(H,23,24);1H. The molecule has 0 saturated heterocycles. The number of ether oxygens (including phenoxy) is 1. The Bertz CT molecular complexity index is 724. The Morgan fingerprint density at radius 3 is 2.35 bits per heavy atom. The zero-order chi connectivity index (χ0) is 18.3. The van der Waals surface area contributed by atoms with Crippen LogP contribution in [0.2, 0.25) is 0 Å². The van der Waals surface area contributed by atoms with Crippen LogP contribution in [0.15, 0.2) is 48.5 Å². The highest BCUT2D eigenvalue weighted by Crippen LogP contribution is 2.32. The first-order valence-corrected chi connectivity index (χ1v) is 7.83. The second kappa shape index (κ2) is 10.0. The molecule has 0 aliphatic carbocycles. The van der Waals surface area contributed by atoms with Gasteiger partial charge >= 0.3 is 6.18 Å². The molecule has 1 amide bonds. The van der Waals surface area contributed by atoms with Crippen molar-refractivity contribution in [1.82, 2.24) is 5.32 Å². The number of hydrogen-bond donors (Lipinski definition) is 2. The van der Waals surface area contributed by atoms with Gasteiger partial charge in [-0.1, -0.05) is 12.1 Å². The topological polar surface area (TPSA) is 64.3 Å².